The quantitative estimate of drug-likeness (QED) is 0.766. The molecule has 2 unspecified atom stereocenters. The van der Waals surface area contributed by atoms with Gasteiger partial charge in [-0.2, -0.15) is 0 Å². The summed E-state index contributed by atoms with van der Waals surface area (Å²) in [5.74, 6) is 0.181. The molecule has 0 spiro atoms. The molecule has 2 atom stereocenters. The Labute approximate surface area is 121 Å². The van der Waals surface area contributed by atoms with E-state index in [-0.39, 0.29) is 17.5 Å². The molecule has 0 saturated heterocycles. The average Bonchev–Trinajstić information content (AvgIpc) is 2.87. The standard InChI is InChI=1S/C18H24O2/c1-17(2,3)16(19)20-15-14(18(15,4)5)12-11-13-9-7-6-8-10-13/h6-12,14-15H,1-5H3. The van der Waals surface area contributed by atoms with Gasteiger partial charge in [0.1, 0.15) is 6.10 Å². The van der Waals surface area contributed by atoms with Gasteiger partial charge in [0.15, 0.2) is 0 Å². The minimum atomic E-state index is -0.438. The van der Waals surface area contributed by atoms with Crippen LogP contribution in [0.2, 0.25) is 0 Å². The van der Waals surface area contributed by atoms with E-state index < -0.39 is 5.41 Å². The van der Waals surface area contributed by atoms with Crippen molar-refractivity contribution < 1.29 is 9.53 Å². The highest BCUT2D eigenvalue weighted by Gasteiger charge is 2.59. The Morgan fingerprint density at radius 3 is 2.35 bits per heavy atom. The molecule has 1 saturated carbocycles. The zero-order valence-corrected chi connectivity index (χ0v) is 13.0. The van der Waals surface area contributed by atoms with Crippen LogP contribution in [0.15, 0.2) is 36.4 Å². The summed E-state index contributed by atoms with van der Waals surface area (Å²) in [6.07, 6.45) is 4.27. The van der Waals surface area contributed by atoms with Crippen molar-refractivity contribution in [3.05, 3.63) is 42.0 Å². The summed E-state index contributed by atoms with van der Waals surface area (Å²) in [7, 11) is 0. The van der Waals surface area contributed by atoms with Gasteiger partial charge in [0.25, 0.3) is 0 Å². The van der Waals surface area contributed by atoms with Crippen molar-refractivity contribution in [1.82, 2.24) is 0 Å². The van der Waals surface area contributed by atoms with E-state index in [1.54, 1.807) is 0 Å². The van der Waals surface area contributed by atoms with Crippen molar-refractivity contribution in [2.45, 2.75) is 40.7 Å². The molecule has 1 aliphatic carbocycles. The van der Waals surface area contributed by atoms with Crippen LogP contribution in [-0.4, -0.2) is 12.1 Å². The first kappa shape index (κ1) is 14.8. The van der Waals surface area contributed by atoms with Crippen LogP contribution in [0.3, 0.4) is 0 Å². The summed E-state index contributed by atoms with van der Waals surface area (Å²) >= 11 is 0. The zero-order chi connectivity index (χ0) is 15.0. The number of ether oxygens (including phenoxy) is 1. The number of esters is 1. The van der Waals surface area contributed by atoms with Gasteiger partial charge in [0, 0.05) is 11.3 Å². The third-order valence-electron chi connectivity index (χ3n) is 3.95. The molecule has 0 bridgehead atoms. The molecule has 2 nitrogen and oxygen atoms in total. The zero-order valence-electron chi connectivity index (χ0n) is 13.0. The molecule has 0 aliphatic heterocycles. The molecule has 1 aliphatic rings. The summed E-state index contributed by atoms with van der Waals surface area (Å²) < 4.78 is 5.65. The fourth-order valence-corrected chi connectivity index (χ4v) is 2.27. The van der Waals surface area contributed by atoms with Crippen molar-refractivity contribution in [2.24, 2.45) is 16.7 Å². The molecular formula is C18H24O2. The average molecular weight is 272 g/mol. The van der Waals surface area contributed by atoms with Crippen molar-refractivity contribution >= 4 is 12.0 Å². The fraction of sp³-hybridized carbons (Fsp3) is 0.500. The van der Waals surface area contributed by atoms with E-state index >= 15 is 0 Å². The van der Waals surface area contributed by atoms with Gasteiger partial charge in [-0.3, -0.25) is 4.79 Å². The lowest BCUT2D eigenvalue weighted by molar-refractivity contribution is -0.155. The molecule has 0 N–H and O–H groups in total. The van der Waals surface area contributed by atoms with Crippen molar-refractivity contribution in [3.63, 3.8) is 0 Å². The molecule has 2 heteroatoms. The van der Waals surface area contributed by atoms with Gasteiger partial charge in [0.2, 0.25) is 0 Å². The maximum absolute atomic E-state index is 12.0. The van der Waals surface area contributed by atoms with Gasteiger partial charge in [-0.05, 0) is 26.3 Å². The summed E-state index contributed by atoms with van der Waals surface area (Å²) in [4.78, 5) is 12.0. The van der Waals surface area contributed by atoms with Gasteiger partial charge >= 0.3 is 5.97 Å². The van der Waals surface area contributed by atoms with E-state index in [1.807, 2.05) is 39.0 Å². The number of benzene rings is 1. The molecule has 2 rings (SSSR count). The third kappa shape index (κ3) is 3.12. The van der Waals surface area contributed by atoms with E-state index in [4.69, 9.17) is 4.74 Å². The van der Waals surface area contributed by atoms with Crippen molar-refractivity contribution in [3.8, 4) is 0 Å². The number of carbonyl (C=O) groups excluding carboxylic acids is 1. The van der Waals surface area contributed by atoms with Crippen LogP contribution < -0.4 is 0 Å². The van der Waals surface area contributed by atoms with E-state index in [0.717, 1.165) is 0 Å². The second kappa shape index (κ2) is 5.08. The second-order valence-electron chi connectivity index (χ2n) is 7.19. The van der Waals surface area contributed by atoms with Gasteiger partial charge < -0.3 is 4.74 Å². The molecule has 108 valence electrons. The van der Waals surface area contributed by atoms with Crippen LogP contribution in [0.5, 0.6) is 0 Å². The van der Waals surface area contributed by atoms with Crippen LogP contribution >= 0.6 is 0 Å². The normalized spacial score (nSPS) is 24.6. The maximum atomic E-state index is 12.0. The minimum Gasteiger partial charge on any atom is -0.461 e. The Morgan fingerprint density at radius 1 is 1.20 bits per heavy atom. The lowest BCUT2D eigenvalue weighted by Crippen LogP contribution is -2.25. The highest BCUT2D eigenvalue weighted by Crippen LogP contribution is 2.55. The van der Waals surface area contributed by atoms with Crippen molar-refractivity contribution in [2.75, 3.05) is 0 Å². The SMILES string of the molecule is CC(C)(C)C(=O)OC1C(C=Cc2ccccc2)C1(C)C. The van der Waals surface area contributed by atoms with Gasteiger partial charge in [0.05, 0.1) is 5.41 Å². The minimum absolute atomic E-state index is 0.00538. The topological polar surface area (TPSA) is 26.3 Å². The highest BCUT2D eigenvalue weighted by molar-refractivity contribution is 5.76. The van der Waals surface area contributed by atoms with Crippen LogP contribution in [0.4, 0.5) is 0 Å². The monoisotopic (exact) mass is 272 g/mol. The van der Waals surface area contributed by atoms with Gasteiger partial charge in [-0.15, -0.1) is 0 Å². The van der Waals surface area contributed by atoms with E-state index in [1.165, 1.54) is 5.56 Å². The predicted octanol–water partition coefficient (Wildman–Crippen LogP) is 4.31. The van der Waals surface area contributed by atoms with Crippen molar-refractivity contribution in [1.29, 1.82) is 0 Å². The Balaban J connectivity index is 2.00. The molecule has 0 heterocycles. The fourth-order valence-electron chi connectivity index (χ4n) is 2.27. The van der Waals surface area contributed by atoms with Gasteiger partial charge in [-0.25, -0.2) is 0 Å². The lowest BCUT2D eigenvalue weighted by Gasteiger charge is -2.17. The van der Waals surface area contributed by atoms with Crippen LogP contribution in [-0.2, 0) is 9.53 Å². The first-order chi connectivity index (χ1) is 9.23. The van der Waals surface area contributed by atoms with Gasteiger partial charge in [-0.1, -0.05) is 56.3 Å². The first-order valence-corrected chi connectivity index (χ1v) is 7.17. The maximum Gasteiger partial charge on any atom is 0.311 e. The largest absolute Gasteiger partial charge is 0.461 e. The first-order valence-electron chi connectivity index (χ1n) is 7.17. The number of hydrogen-bond donors (Lipinski definition) is 0. The highest BCUT2D eigenvalue weighted by atomic mass is 16.6. The van der Waals surface area contributed by atoms with Crippen LogP contribution in [0.25, 0.3) is 6.08 Å². The lowest BCUT2D eigenvalue weighted by atomic mass is 9.97. The Kier molecular flexibility index (Phi) is 3.77. The van der Waals surface area contributed by atoms with E-state index in [2.05, 4.69) is 38.1 Å². The number of carbonyl (C=O) groups is 1. The predicted molar refractivity (Wildman–Crippen MR) is 82.1 cm³/mol. The summed E-state index contributed by atoms with van der Waals surface area (Å²) in [6.45, 7) is 9.96. The molecule has 0 radical (unpaired) electrons. The smallest absolute Gasteiger partial charge is 0.311 e. The Hall–Kier alpha value is -1.57. The second-order valence-corrected chi connectivity index (χ2v) is 7.19. The van der Waals surface area contributed by atoms with E-state index in [0.29, 0.717) is 5.92 Å². The van der Waals surface area contributed by atoms with Crippen LogP contribution in [0.1, 0.15) is 40.2 Å². The van der Waals surface area contributed by atoms with Crippen LogP contribution in [0, 0.1) is 16.7 Å². The molecule has 20 heavy (non-hydrogen) atoms. The number of rotatable bonds is 3. The molecule has 1 aromatic rings. The molecule has 1 aromatic carbocycles. The molecule has 1 fully saturated rings. The van der Waals surface area contributed by atoms with E-state index in [9.17, 15) is 4.79 Å². The third-order valence-corrected chi connectivity index (χ3v) is 3.95. The molecule has 0 aromatic heterocycles. The molecular weight excluding hydrogens is 248 g/mol. The number of hydrogen-bond acceptors (Lipinski definition) is 2. The summed E-state index contributed by atoms with van der Waals surface area (Å²) in [5, 5.41) is 0. The summed E-state index contributed by atoms with van der Waals surface area (Å²) in [5.41, 5.74) is 0.773. The summed E-state index contributed by atoms with van der Waals surface area (Å²) in [6, 6.07) is 10.2. The molecule has 0 amide bonds. The Bertz CT molecular complexity index is 506. The Morgan fingerprint density at radius 2 is 1.80 bits per heavy atom.